The zero-order valence-electron chi connectivity index (χ0n) is 13.7. The summed E-state index contributed by atoms with van der Waals surface area (Å²) in [5.41, 5.74) is 2.55. The van der Waals surface area contributed by atoms with Gasteiger partial charge in [0.25, 0.3) is 0 Å². The number of ether oxygens (including phenoxy) is 1. The molecule has 1 aromatic rings. The Morgan fingerprint density at radius 2 is 2.05 bits per heavy atom. The average molecular weight is 278 g/mol. The molecule has 1 atom stereocenters. The second-order valence-corrected chi connectivity index (χ2v) is 5.71. The Kier molecular flexibility index (Phi) is 7.63. The summed E-state index contributed by atoms with van der Waals surface area (Å²) in [5, 5.41) is 3.51. The first kappa shape index (κ1) is 17.0. The predicted octanol–water partition coefficient (Wildman–Crippen LogP) is 3.39. The minimum atomic E-state index is 0.399. The topological polar surface area (TPSA) is 24.5 Å². The van der Waals surface area contributed by atoms with Crippen LogP contribution < -0.4 is 10.1 Å². The molecule has 0 bridgehead atoms. The van der Waals surface area contributed by atoms with Gasteiger partial charge in [0, 0.05) is 12.6 Å². The third kappa shape index (κ3) is 5.93. The largest absolute Gasteiger partial charge is 0.493 e. The number of rotatable bonds is 9. The van der Waals surface area contributed by atoms with E-state index in [4.69, 9.17) is 4.74 Å². The third-order valence-corrected chi connectivity index (χ3v) is 3.41. The second kappa shape index (κ2) is 8.98. The van der Waals surface area contributed by atoms with Crippen molar-refractivity contribution in [1.82, 2.24) is 10.2 Å². The summed E-state index contributed by atoms with van der Waals surface area (Å²) in [5.74, 6) is 1.01. The van der Waals surface area contributed by atoms with Crippen molar-refractivity contribution in [3.05, 3.63) is 29.3 Å². The van der Waals surface area contributed by atoms with Gasteiger partial charge in [-0.15, -0.1) is 0 Å². The van der Waals surface area contributed by atoms with Crippen LogP contribution in [0.5, 0.6) is 5.75 Å². The Bertz CT molecular complexity index is 391. The van der Waals surface area contributed by atoms with E-state index in [9.17, 15) is 0 Å². The number of nitrogens with zero attached hydrogens (tertiary/aromatic N) is 1. The number of nitrogens with one attached hydrogen (secondary N) is 1. The lowest BCUT2D eigenvalue weighted by Crippen LogP contribution is -2.19. The summed E-state index contributed by atoms with van der Waals surface area (Å²) in [6.07, 6.45) is 2.22. The first-order chi connectivity index (χ1) is 9.54. The molecule has 0 aliphatic heterocycles. The Labute approximate surface area is 124 Å². The number of hydrogen-bond donors (Lipinski definition) is 1. The van der Waals surface area contributed by atoms with Crippen LogP contribution in [0.15, 0.2) is 18.2 Å². The maximum Gasteiger partial charge on any atom is 0.122 e. The van der Waals surface area contributed by atoms with E-state index in [0.29, 0.717) is 6.04 Å². The van der Waals surface area contributed by atoms with Gasteiger partial charge in [0.1, 0.15) is 5.75 Å². The monoisotopic (exact) mass is 278 g/mol. The number of aryl methyl sites for hydroxylation is 1. The minimum absolute atomic E-state index is 0.399. The van der Waals surface area contributed by atoms with Gasteiger partial charge in [-0.25, -0.2) is 0 Å². The smallest absolute Gasteiger partial charge is 0.122 e. The molecule has 1 aromatic carbocycles. The van der Waals surface area contributed by atoms with Gasteiger partial charge < -0.3 is 15.0 Å². The van der Waals surface area contributed by atoms with Gasteiger partial charge >= 0.3 is 0 Å². The molecular formula is C17H30N2O. The van der Waals surface area contributed by atoms with E-state index in [1.807, 2.05) is 0 Å². The van der Waals surface area contributed by atoms with E-state index < -0.39 is 0 Å². The summed E-state index contributed by atoms with van der Waals surface area (Å²) in [6.45, 7) is 9.43. The third-order valence-electron chi connectivity index (χ3n) is 3.41. The van der Waals surface area contributed by atoms with Crippen molar-refractivity contribution in [2.24, 2.45) is 0 Å². The van der Waals surface area contributed by atoms with Gasteiger partial charge in [0.15, 0.2) is 0 Å². The van der Waals surface area contributed by atoms with Gasteiger partial charge in [0.2, 0.25) is 0 Å². The maximum absolute atomic E-state index is 5.86. The molecule has 3 nitrogen and oxygen atoms in total. The minimum Gasteiger partial charge on any atom is -0.493 e. The standard InChI is InChI=1S/C17H30N2O/c1-6-10-18-15(3)16-8-9-17(14(2)13-16)20-12-7-11-19(4)5/h8-9,13,15,18H,6-7,10-12H2,1-5H3. The second-order valence-electron chi connectivity index (χ2n) is 5.71. The number of hydrogen-bond acceptors (Lipinski definition) is 3. The van der Waals surface area contributed by atoms with Crippen LogP contribution in [0.3, 0.4) is 0 Å². The highest BCUT2D eigenvalue weighted by molar-refractivity contribution is 5.37. The molecule has 0 saturated heterocycles. The van der Waals surface area contributed by atoms with Crippen LogP contribution in [0.2, 0.25) is 0 Å². The zero-order valence-corrected chi connectivity index (χ0v) is 13.7. The fourth-order valence-corrected chi connectivity index (χ4v) is 2.15. The predicted molar refractivity (Wildman–Crippen MR) is 86.6 cm³/mol. The van der Waals surface area contributed by atoms with Gasteiger partial charge in [-0.1, -0.05) is 19.1 Å². The lowest BCUT2D eigenvalue weighted by Gasteiger charge is -2.16. The van der Waals surface area contributed by atoms with Crippen LogP contribution in [-0.4, -0.2) is 38.7 Å². The lowest BCUT2D eigenvalue weighted by molar-refractivity contribution is 0.280. The summed E-state index contributed by atoms with van der Waals surface area (Å²) in [6, 6.07) is 6.90. The van der Waals surface area contributed by atoms with Crippen LogP contribution in [0.25, 0.3) is 0 Å². The molecule has 20 heavy (non-hydrogen) atoms. The first-order valence-electron chi connectivity index (χ1n) is 7.66. The summed E-state index contributed by atoms with van der Waals surface area (Å²) in [7, 11) is 4.18. The molecule has 1 rings (SSSR count). The molecule has 0 aliphatic rings. The van der Waals surface area contributed by atoms with Crippen LogP contribution in [0.4, 0.5) is 0 Å². The van der Waals surface area contributed by atoms with E-state index in [1.165, 1.54) is 11.1 Å². The molecule has 0 saturated carbocycles. The van der Waals surface area contributed by atoms with E-state index in [2.05, 4.69) is 63.3 Å². The van der Waals surface area contributed by atoms with Crippen molar-refractivity contribution in [2.45, 2.75) is 39.7 Å². The van der Waals surface area contributed by atoms with Crippen LogP contribution >= 0.6 is 0 Å². The van der Waals surface area contributed by atoms with Crippen LogP contribution in [0, 0.1) is 6.92 Å². The summed E-state index contributed by atoms with van der Waals surface area (Å²) in [4.78, 5) is 2.18. The maximum atomic E-state index is 5.86. The molecule has 3 heteroatoms. The molecular weight excluding hydrogens is 248 g/mol. The normalized spacial score (nSPS) is 12.7. The fourth-order valence-electron chi connectivity index (χ4n) is 2.15. The highest BCUT2D eigenvalue weighted by Gasteiger charge is 2.07. The van der Waals surface area contributed by atoms with Crippen molar-refractivity contribution >= 4 is 0 Å². The van der Waals surface area contributed by atoms with E-state index in [-0.39, 0.29) is 0 Å². The van der Waals surface area contributed by atoms with Crippen LogP contribution in [-0.2, 0) is 0 Å². The van der Waals surface area contributed by atoms with Crippen molar-refractivity contribution in [3.8, 4) is 5.75 Å². The van der Waals surface area contributed by atoms with Crippen LogP contribution in [0.1, 0.15) is 43.9 Å². The van der Waals surface area contributed by atoms with Gasteiger partial charge in [0.05, 0.1) is 6.61 Å². The molecule has 114 valence electrons. The first-order valence-corrected chi connectivity index (χ1v) is 7.66. The van der Waals surface area contributed by atoms with Gasteiger partial charge in [-0.2, -0.15) is 0 Å². The van der Waals surface area contributed by atoms with Crippen molar-refractivity contribution in [3.63, 3.8) is 0 Å². The van der Waals surface area contributed by atoms with Gasteiger partial charge in [-0.05, 0) is 64.5 Å². The average Bonchev–Trinajstić information content (AvgIpc) is 2.42. The number of benzene rings is 1. The van der Waals surface area contributed by atoms with E-state index in [0.717, 1.165) is 38.3 Å². The SMILES string of the molecule is CCCNC(C)c1ccc(OCCCN(C)C)c(C)c1. The molecule has 0 radical (unpaired) electrons. The molecule has 0 aromatic heterocycles. The Balaban J connectivity index is 2.50. The molecule has 0 spiro atoms. The van der Waals surface area contributed by atoms with E-state index >= 15 is 0 Å². The fraction of sp³-hybridized carbons (Fsp3) is 0.647. The molecule has 0 fully saturated rings. The summed E-state index contributed by atoms with van der Waals surface area (Å²) >= 11 is 0. The highest BCUT2D eigenvalue weighted by atomic mass is 16.5. The molecule has 1 unspecified atom stereocenters. The van der Waals surface area contributed by atoms with E-state index in [1.54, 1.807) is 0 Å². The van der Waals surface area contributed by atoms with Gasteiger partial charge in [-0.3, -0.25) is 0 Å². The van der Waals surface area contributed by atoms with Crippen molar-refractivity contribution in [2.75, 3.05) is 33.8 Å². The molecule has 0 amide bonds. The van der Waals surface area contributed by atoms with Crippen molar-refractivity contribution in [1.29, 1.82) is 0 Å². The zero-order chi connectivity index (χ0) is 15.0. The molecule has 0 heterocycles. The Hall–Kier alpha value is -1.06. The summed E-state index contributed by atoms with van der Waals surface area (Å²) < 4.78 is 5.86. The lowest BCUT2D eigenvalue weighted by atomic mass is 10.0. The van der Waals surface area contributed by atoms with Crippen molar-refractivity contribution < 1.29 is 4.74 Å². The molecule has 1 N–H and O–H groups in total. The molecule has 0 aliphatic carbocycles. The highest BCUT2D eigenvalue weighted by Crippen LogP contribution is 2.22. The quantitative estimate of drug-likeness (QED) is 0.701. The Morgan fingerprint density at radius 3 is 2.65 bits per heavy atom. The Morgan fingerprint density at radius 1 is 1.30 bits per heavy atom.